The number of esters is 1. The number of anilines is 2. The van der Waals surface area contributed by atoms with Crippen LogP contribution in [0.3, 0.4) is 0 Å². The van der Waals surface area contributed by atoms with Crippen LogP contribution in [-0.2, 0) is 16.1 Å². The van der Waals surface area contributed by atoms with E-state index in [2.05, 4.69) is 29.5 Å². The average Bonchev–Trinajstić information content (AvgIpc) is 2.84. The van der Waals surface area contributed by atoms with Crippen LogP contribution < -0.4 is 10.6 Å². The summed E-state index contributed by atoms with van der Waals surface area (Å²) in [4.78, 5) is 28.3. The quantitative estimate of drug-likeness (QED) is 0.795. The third-order valence-corrected chi connectivity index (χ3v) is 3.61. The van der Waals surface area contributed by atoms with E-state index < -0.39 is 5.97 Å². The molecular weight excluding hydrogens is 308 g/mol. The highest BCUT2D eigenvalue weighted by molar-refractivity contribution is 6.10. The summed E-state index contributed by atoms with van der Waals surface area (Å²) in [6, 6.07) is 1.90. The minimum absolute atomic E-state index is 0.254. The van der Waals surface area contributed by atoms with E-state index in [0.29, 0.717) is 34.9 Å². The molecule has 0 aliphatic rings. The number of hydrogen-bond donors (Lipinski definition) is 2. The van der Waals surface area contributed by atoms with Gasteiger partial charge in [0.1, 0.15) is 5.65 Å². The van der Waals surface area contributed by atoms with Gasteiger partial charge in [0.05, 0.1) is 24.7 Å². The van der Waals surface area contributed by atoms with Crippen LogP contribution in [0.5, 0.6) is 0 Å². The predicted octanol–water partition coefficient (Wildman–Crippen LogP) is 2.87. The van der Waals surface area contributed by atoms with Crippen molar-refractivity contribution in [3.8, 4) is 0 Å². The number of pyridine rings is 1. The van der Waals surface area contributed by atoms with Gasteiger partial charge in [0.2, 0.25) is 5.91 Å². The minimum atomic E-state index is -0.504. The molecule has 0 aromatic carbocycles. The zero-order valence-corrected chi connectivity index (χ0v) is 14.8. The maximum Gasteiger partial charge on any atom is 0.356 e. The van der Waals surface area contributed by atoms with E-state index in [1.165, 1.54) is 14.0 Å². The summed E-state index contributed by atoms with van der Waals surface area (Å²) in [5, 5.41) is 6.77. The molecule has 0 unspecified atom stereocenters. The lowest BCUT2D eigenvalue weighted by molar-refractivity contribution is -0.114. The van der Waals surface area contributed by atoms with E-state index >= 15 is 0 Å². The van der Waals surface area contributed by atoms with Crippen molar-refractivity contribution in [3.05, 3.63) is 18.0 Å². The average molecular weight is 332 g/mol. The molecule has 2 rings (SSSR count). The number of carbonyl (C=O) groups excluding carboxylic acids is 2. The van der Waals surface area contributed by atoms with Crippen molar-refractivity contribution in [1.29, 1.82) is 0 Å². The Kier molecular flexibility index (Phi) is 5.43. The van der Waals surface area contributed by atoms with Crippen LogP contribution in [-0.4, -0.2) is 35.1 Å². The van der Waals surface area contributed by atoms with Gasteiger partial charge in [0, 0.05) is 25.4 Å². The minimum Gasteiger partial charge on any atom is -0.464 e. The highest BCUT2D eigenvalue weighted by Crippen LogP contribution is 2.32. The lowest BCUT2D eigenvalue weighted by Gasteiger charge is -2.09. The molecule has 0 fully saturated rings. The summed E-state index contributed by atoms with van der Waals surface area (Å²) in [5.41, 5.74) is 2.22. The summed E-state index contributed by atoms with van der Waals surface area (Å²) < 4.78 is 6.63. The van der Waals surface area contributed by atoms with E-state index in [9.17, 15) is 9.59 Å². The van der Waals surface area contributed by atoms with Crippen molar-refractivity contribution in [2.24, 2.45) is 5.92 Å². The SMILES string of the molecule is CCn1c(C(=O)OC)c(NC(C)=O)c2cc(NCC(C)C)cnc21. The smallest absolute Gasteiger partial charge is 0.356 e. The van der Waals surface area contributed by atoms with Crippen LogP contribution in [0.2, 0.25) is 0 Å². The monoisotopic (exact) mass is 332 g/mol. The molecule has 0 atom stereocenters. The molecule has 24 heavy (non-hydrogen) atoms. The Labute approximate surface area is 141 Å². The van der Waals surface area contributed by atoms with Gasteiger partial charge in [-0.25, -0.2) is 9.78 Å². The van der Waals surface area contributed by atoms with Crippen molar-refractivity contribution in [2.45, 2.75) is 34.2 Å². The van der Waals surface area contributed by atoms with Crippen LogP contribution in [0.4, 0.5) is 11.4 Å². The highest BCUT2D eigenvalue weighted by Gasteiger charge is 2.24. The van der Waals surface area contributed by atoms with Crippen LogP contribution in [0.15, 0.2) is 12.3 Å². The van der Waals surface area contributed by atoms with Gasteiger partial charge in [-0.1, -0.05) is 13.8 Å². The number of fused-ring (bicyclic) bond motifs is 1. The molecular formula is C17H24N4O3. The Balaban J connectivity index is 2.64. The second kappa shape index (κ2) is 7.33. The summed E-state index contributed by atoms with van der Waals surface area (Å²) in [7, 11) is 1.32. The molecule has 7 heteroatoms. The molecule has 1 amide bonds. The summed E-state index contributed by atoms with van der Waals surface area (Å²) in [6.45, 7) is 8.89. The van der Waals surface area contributed by atoms with Gasteiger partial charge in [-0.3, -0.25) is 4.79 Å². The lowest BCUT2D eigenvalue weighted by atomic mass is 10.2. The van der Waals surface area contributed by atoms with Crippen molar-refractivity contribution in [2.75, 3.05) is 24.3 Å². The van der Waals surface area contributed by atoms with E-state index in [4.69, 9.17) is 4.74 Å². The zero-order valence-electron chi connectivity index (χ0n) is 14.8. The molecule has 2 N–H and O–H groups in total. The Morgan fingerprint density at radius 1 is 1.38 bits per heavy atom. The van der Waals surface area contributed by atoms with Gasteiger partial charge < -0.3 is 19.9 Å². The molecule has 0 radical (unpaired) electrons. The molecule has 2 heterocycles. The second-order valence-corrected chi connectivity index (χ2v) is 6.01. The summed E-state index contributed by atoms with van der Waals surface area (Å²) in [6.07, 6.45) is 1.73. The van der Waals surface area contributed by atoms with E-state index in [1.54, 1.807) is 10.8 Å². The highest BCUT2D eigenvalue weighted by atomic mass is 16.5. The molecule has 0 spiro atoms. The molecule has 0 saturated heterocycles. The largest absolute Gasteiger partial charge is 0.464 e. The fraction of sp³-hybridized carbons (Fsp3) is 0.471. The van der Waals surface area contributed by atoms with Gasteiger partial charge in [-0.15, -0.1) is 0 Å². The van der Waals surface area contributed by atoms with Gasteiger partial charge in [-0.2, -0.15) is 0 Å². The molecule has 2 aromatic heterocycles. The number of aromatic nitrogens is 2. The van der Waals surface area contributed by atoms with E-state index in [0.717, 1.165) is 12.2 Å². The number of aryl methyl sites for hydroxylation is 1. The van der Waals surface area contributed by atoms with E-state index in [1.807, 2.05) is 13.0 Å². The molecule has 0 aliphatic heterocycles. The fourth-order valence-corrected chi connectivity index (χ4v) is 2.56. The number of hydrogen-bond acceptors (Lipinski definition) is 5. The van der Waals surface area contributed by atoms with Gasteiger partial charge in [0.15, 0.2) is 5.69 Å². The lowest BCUT2D eigenvalue weighted by Crippen LogP contribution is -2.14. The maximum atomic E-state index is 12.2. The Morgan fingerprint density at radius 2 is 2.08 bits per heavy atom. The maximum absolute atomic E-state index is 12.2. The van der Waals surface area contributed by atoms with Gasteiger partial charge in [-0.05, 0) is 18.9 Å². The van der Waals surface area contributed by atoms with Crippen LogP contribution in [0, 0.1) is 5.92 Å². The molecule has 7 nitrogen and oxygen atoms in total. The first-order chi connectivity index (χ1) is 11.4. The van der Waals surface area contributed by atoms with Crippen molar-refractivity contribution >= 4 is 34.3 Å². The first-order valence-electron chi connectivity index (χ1n) is 8.01. The number of ether oxygens (including phenoxy) is 1. The number of amides is 1. The van der Waals surface area contributed by atoms with Crippen LogP contribution in [0.1, 0.15) is 38.2 Å². The number of rotatable bonds is 6. The fourth-order valence-electron chi connectivity index (χ4n) is 2.56. The third-order valence-electron chi connectivity index (χ3n) is 3.61. The summed E-state index contributed by atoms with van der Waals surface area (Å²) in [5.74, 6) is -0.271. The zero-order chi connectivity index (χ0) is 17.9. The normalized spacial score (nSPS) is 10.9. The van der Waals surface area contributed by atoms with Crippen molar-refractivity contribution < 1.29 is 14.3 Å². The standard InChI is InChI=1S/C17H24N4O3/c1-6-21-15(17(23)24-5)14(20-11(4)22)13-7-12(9-19-16(13)21)18-8-10(2)3/h7,9-10,18H,6,8H2,1-5H3,(H,20,22). The molecule has 2 aromatic rings. The first kappa shape index (κ1) is 17.8. The molecule has 130 valence electrons. The number of nitrogens with zero attached hydrogens (tertiary/aromatic N) is 2. The molecule has 0 bridgehead atoms. The Morgan fingerprint density at radius 3 is 2.62 bits per heavy atom. The topological polar surface area (TPSA) is 85.2 Å². The number of carbonyl (C=O) groups is 2. The molecule has 0 saturated carbocycles. The second-order valence-electron chi connectivity index (χ2n) is 6.01. The van der Waals surface area contributed by atoms with Crippen LogP contribution in [0.25, 0.3) is 11.0 Å². The van der Waals surface area contributed by atoms with Crippen LogP contribution >= 0.6 is 0 Å². The first-order valence-corrected chi connectivity index (χ1v) is 8.01. The predicted molar refractivity (Wildman–Crippen MR) is 94.4 cm³/mol. The number of nitrogens with one attached hydrogen (secondary N) is 2. The number of methoxy groups -OCH3 is 1. The van der Waals surface area contributed by atoms with Gasteiger partial charge >= 0.3 is 5.97 Å². The van der Waals surface area contributed by atoms with E-state index in [-0.39, 0.29) is 5.91 Å². The summed E-state index contributed by atoms with van der Waals surface area (Å²) >= 11 is 0. The third kappa shape index (κ3) is 3.50. The Hall–Kier alpha value is -2.57. The van der Waals surface area contributed by atoms with Crippen molar-refractivity contribution in [1.82, 2.24) is 9.55 Å². The Bertz CT molecular complexity index is 765. The van der Waals surface area contributed by atoms with Gasteiger partial charge in [0.25, 0.3) is 0 Å². The van der Waals surface area contributed by atoms with Crippen molar-refractivity contribution in [3.63, 3.8) is 0 Å². The molecule has 0 aliphatic carbocycles.